The number of hydrogen-bond donors (Lipinski definition) is 1. The summed E-state index contributed by atoms with van der Waals surface area (Å²) in [5, 5.41) is 0.403. The van der Waals surface area contributed by atoms with Gasteiger partial charge in [0.25, 0.3) is 5.56 Å². The van der Waals surface area contributed by atoms with E-state index in [9.17, 15) is 4.79 Å². The van der Waals surface area contributed by atoms with Gasteiger partial charge in [0.15, 0.2) is 11.5 Å². The second-order valence-electron chi connectivity index (χ2n) is 3.95. The van der Waals surface area contributed by atoms with Gasteiger partial charge in [-0.05, 0) is 6.92 Å². The van der Waals surface area contributed by atoms with Crippen molar-refractivity contribution < 1.29 is 0 Å². The standard InChI is InChI=1S/C13H10N4O/c1-8-15-12-10(13(18)16-8)7-14-11(17-12)9-5-3-2-4-6-9/h2-7H,1H3,(H,14,15,16,17,18). The Bertz CT molecular complexity index is 765. The monoisotopic (exact) mass is 238 g/mol. The van der Waals surface area contributed by atoms with Crippen LogP contribution in [0.2, 0.25) is 0 Å². The summed E-state index contributed by atoms with van der Waals surface area (Å²) < 4.78 is 0. The van der Waals surface area contributed by atoms with Crippen molar-refractivity contribution in [1.82, 2.24) is 19.9 Å². The third-order valence-corrected chi connectivity index (χ3v) is 2.61. The Morgan fingerprint density at radius 2 is 1.89 bits per heavy atom. The lowest BCUT2D eigenvalue weighted by Gasteiger charge is -2.01. The molecular formula is C13H10N4O. The second kappa shape index (κ2) is 4.03. The van der Waals surface area contributed by atoms with Crippen molar-refractivity contribution in [3.8, 4) is 11.4 Å². The Morgan fingerprint density at radius 1 is 1.11 bits per heavy atom. The first-order valence-electron chi connectivity index (χ1n) is 5.53. The van der Waals surface area contributed by atoms with Crippen LogP contribution in [-0.2, 0) is 0 Å². The average Bonchev–Trinajstić information content (AvgIpc) is 2.39. The van der Waals surface area contributed by atoms with E-state index in [0.29, 0.717) is 22.7 Å². The molecule has 0 aliphatic heterocycles. The van der Waals surface area contributed by atoms with E-state index in [1.807, 2.05) is 30.3 Å². The maximum Gasteiger partial charge on any atom is 0.261 e. The van der Waals surface area contributed by atoms with E-state index < -0.39 is 0 Å². The summed E-state index contributed by atoms with van der Waals surface area (Å²) in [6.07, 6.45) is 1.51. The molecule has 0 atom stereocenters. The predicted octanol–water partition coefficient (Wildman–Crippen LogP) is 1.69. The van der Waals surface area contributed by atoms with Gasteiger partial charge in [-0.25, -0.2) is 15.0 Å². The molecule has 0 radical (unpaired) electrons. The molecular weight excluding hydrogens is 228 g/mol. The zero-order valence-corrected chi connectivity index (χ0v) is 9.71. The predicted molar refractivity (Wildman–Crippen MR) is 68.1 cm³/mol. The Hall–Kier alpha value is -2.56. The fourth-order valence-electron chi connectivity index (χ4n) is 1.76. The lowest BCUT2D eigenvalue weighted by Crippen LogP contribution is -2.11. The van der Waals surface area contributed by atoms with E-state index >= 15 is 0 Å². The van der Waals surface area contributed by atoms with Crippen LogP contribution in [0, 0.1) is 6.92 Å². The van der Waals surface area contributed by atoms with E-state index in [1.54, 1.807) is 6.92 Å². The molecule has 1 N–H and O–H groups in total. The summed E-state index contributed by atoms with van der Waals surface area (Å²) in [5.41, 5.74) is 1.11. The summed E-state index contributed by atoms with van der Waals surface area (Å²) in [5.74, 6) is 1.12. The molecule has 2 heterocycles. The second-order valence-corrected chi connectivity index (χ2v) is 3.95. The first-order valence-corrected chi connectivity index (χ1v) is 5.53. The van der Waals surface area contributed by atoms with Gasteiger partial charge in [-0.3, -0.25) is 4.79 Å². The number of benzene rings is 1. The molecule has 5 heteroatoms. The Morgan fingerprint density at radius 3 is 2.67 bits per heavy atom. The van der Waals surface area contributed by atoms with E-state index in [-0.39, 0.29) is 5.56 Å². The first-order chi connectivity index (χ1) is 8.74. The van der Waals surface area contributed by atoms with E-state index in [4.69, 9.17) is 0 Å². The van der Waals surface area contributed by atoms with Crippen LogP contribution in [0.1, 0.15) is 5.82 Å². The highest BCUT2D eigenvalue weighted by Gasteiger charge is 2.06. The lowest BCUT2D eigenvalue weighted by molar-refractivity contribution is 1.03. The van der Waals surface area contributed by atoms with Gasteiger partial charge in [0.2, 0.25) is 0 Å². The van der Waals surface area contributed by atoms with E-state index in [0.717, 1.165) is 5.56 Å². The minimum Gasteiger partial charge on any atom is -0.310 e. The van der Waals surface area contributed by atoms with Crippen LogP contribution >= 0.6 is 0 Å². The third kappa shape index (κ3) is 1.75. The number of aromatic nitrogens is 4. The molecule has 0 unspecified atom stereocenters. The molecule has 2 aromatic heterocycles. The van der Waals surface area contributed by atoms with Gasteiger partial charge in [0.05, 0.1) is 0 Å². The number of rotatable bonds is 1. The van der Waals surface area contributed by atoms with Crippen molar-refractivity contribution in [2.24, 2.45) is 0 Å². The van der Waals surface area contributed by atoms with Crippen LogP contribution in [0.3, 0.4) is 0 Å². The molecule has 0 spiro atoms. The molecule has 0 aliphatic carbocycles. The molecule has 88 valence electrons. The van der Waals surface area contributed by atoms with Crippen molar-refractivity contribution in [1.29, 1.82) is 0 Å². The molecule has 0 amide bonds. The molecule has 5 nitrogen and oxygen atoms in total. The fourth-order valence-corrected chi connectivity index (χ4v) is 1.76. The number of nitrogens with one attached hydrogen (secondary N) is 1. The molecule has 3 aromatic rings. The zero-order chi connectivity index (χ0) is 12.5. The van der Waals surface area contributed by atoms with Gasteiger partial charge in [0, 0.05) is 11.8 Å². The lowest BCUT2D eigenvalue weighted by atomic mass is 10.2. The van der Waals surface area contributed by atoms with Crippen LogP contribution in [0.4, 0.5) is 0 Å². The fraction of sp³-hybridized carbons (Fsp3) is 0.0769. The van der Waals surface area contributed by atoms with E-state index in [1.165, 1.54) is 6.20 Å². The van der Waals surface area contributed by atoms with Gasteiger partial charge in [-0.2, -0.15) is 0 Å². The summed E-state index contributed by atoms with van der Waals surface area (Å²) in [7, 11) is 0. The highest BCUT2D eigenvalue weighted by Crippen LogP contribution is 2.15. The number of nitrogens with zero attached hydrogens (tertiary/aromatic N) is 3. The Labute approximate surface area is 103 Å². The zero-order valence-electron chi connectivity index (χ0n) is 9.71. The number of aromatic amines is 1. The SMILES string of the molecule is Cc1nc2nc(-c3ccccc3)ncc2c(=O)[nH]1. The van der Waals surface area contributed by atoms with Crippen LogP contribution in [0.25, 0.3) is 22.4 Å². The van der Waals surface area contributed by atoms with Crippen molar-refractivity contribution in [3.05, 3.63) is 52.7 Å². The summed E-state index contributed by atoms with van der Waals surface area (Å²) >= 11 is 0. The van der Waals surface area contributed by atoms with Crippen LogP contribution in [0.15, 0.2) is 41.3 Å². The minimum absolute atomic E-state index is 0.211. The molecule has 0 saturated heterocycles. The van der Waals surface area contributed by atoms with Crippen LogP contribution < -0.4 is 5.56 Å². The topological polar surface area (TPSA) is 71.5 Å². The van der Waals surface area contributed by atoms with Gasteiger partial charge in [-0.1, -0.05) is 30.3 Å². The van der Waals surface area contributed by atoms with Gasteiger partial charge in [0.1, 0.15) is 11.2 Å². The quantitative estimate of drug-likeness (QED) is 0.700. The molecule has 0 saturated carbocycles. The number of aryl methyl sites for hydroxylation is 1. The molecule has 0 bridgehead atoms. The summed E-state index contributed by atoms with van der Waals surface area (Å²) in [6, 6.07) is 9.60. The van der Waals surface area contributed by atoms with Crippen molar-refractivity contribution in [2.75, 3.05) is 0 Å². The van der Waals surface area contributed by atoms with Crippen LogP contribution in [0.5, 0.6) is 0 Å². The van der Waals surface area contributed by atoms with Crippen molar-refractivity contribution >= 4 is 11.0 Å². The van der Waals surface area contributed by atoms with Crippen molar-refractivity contribution in [3.63, 3.8) is 0 Å². The number of fused-ring (bicyclic) bond motifs is 1. The molecule has 0 aliphatic rings. The Kier molecular flexibility index (Phi) is 2.37. The average molecular weight is 238 g/mol. The Balaban J connectivity index is 2.26. The van der Waals surface area contributed by atoms with E-state index in [2.05, 4.69) is 19.9 Å². The van der Waals surface area contributed by atoms with Crippen LogP contribution in [-0.4, -0.2) is 19.9 Å². The summed E-state index contributed by atoms with van der Waals surface area (Å²) in [6.45, 7) is 1.73. The van der Waals surface area contributed by atoms with Crippen molar-refractivity contribution in [2.45, 2.75) is 6.92 Å². The normalized spacial score (nSPS) is 10.7. The van der Waals surface area contributed by atoms with Gasteiger partial charge in [-0.15, -0.1) is 0 Å². The largest absolute Gasteiger partial charge is 0.310 e. The smallest absolute Gasteiger partial charge is 0.261 e. The number of hydrogen-bond acceptors (Lipinski definition) is 4. The third-order valence-electron chi connectivity index (χ3n) is 2.61. The molecule has 18 heavy (non-hydrogen) atoms. The van der Waals surface area contributed by atoms with Gasteiger partial charge >= 0.3 is 0 Å². The molecule has 1 aromatic carbocycles. The minimum atomic E-state index is -0.211. The highest BCUT2D eigenvalue weighted by atomic mass is 16.1. The molecule has 0 fully saturated rings. The van der Waals surface area contributed by atoms with Gasteiger partial charge < -0.3 is 4.98 Å². The summed E-state index contributed by atoms with van der Waals surface area (Å²) in [4.78, 5) is 27.0. The maximum atomic E-state index is 11.7. The number of H-pyrrole nitrogens is 1. The highest BCUT2D eigenvalue weighted by molar-refractivity contribution is 5.74. The maximum absolute atomic E-state index is 11.7. The first kappa shape index (κ1) is 10.6. The molecule has 3 rings (SSSR count).